The van der Waals surface area contributed by atoms with Gasteiger partial charge in [-0.2, -0.15) is 0 Å². The van der Waals surface area contributed by atoms with Crippen LogP contribution < -0.4 is 5.32 Å². The molecule has 0 radical (unpaired) electrons. The van der Waals surface area contributed by atoms with Gasteiger partial charge in [-0.15, -0.1) is 0 Å². The lowest BCUT2D eigenvalue weighted by atomic mass is 9.96. The first kappa shape index (κ1) is 68.5. The number of rotatable bonds is 43. The Bertz CT molecular complexity index is 1490. The molecule has 0 spiro atoms. The van der Waals surface area contributed by atoms with Gasteiger partial charge in [0.15, 0.2) is 18.9 Å². The molecule has 0 saturated carbocycles. The van der Waals surface area contributed by atoms with Gasteiger partial charge in [0.25, 0.3) is 0 Å². The second-order valence-electron chi connectivity index (χ2n) is 21.5. The molecule has 1 amide bonds. The van der Waals surface area contributed by atoms with Crippen LogP contribution in [0.1, 0.15) is 200 Å². The summed E-state index contributed by atoms with van der Waals surface area (Å²) in [6.45, 7) is 1.43. The zero-order chi connectivity index (χ0) is 55.5. The van der Waals surface area contributed by atoms with Crippen molar-refractivity contribution in [1.29, 1.82) is 0 Å². The van der Waals surface area contributed by atoms with Crippen molar-refractivity contribution >= 4 is 5.91 Å². The summed E-state index contributed by atoms with van der Waals surface area (Å²) >= 11 is 0. The quantitative estimate of drug-likeness (QED) is 0.0289. The van der Waals surface area contributed by atoms with Crippen LogP contribution in [0.15, 0.2) is 24.3 Å². The minimum Gasteiger partial charge on any atom is -0.394 e. The molecular weight excluding hydrogens is 987 g/mol. The molecular formula is C57H105NO18. The van der Waals surface area contributed by atoms with Crippen molar-refractivity contribution in [3.63, 3.8) is 0 Å². The van der Waals surface area contributed by atoms with Gasteiger partial charge in [0, 0.05) is 6.42 Å². The van der Waals surface area contributed by atoms with E-state index in [9.17, 15) is 61.0 Å². The van der Waals surface area contributed by atoms with Crippen LogP contribution in [-0.2, 0) is 33.2 Å². The number of nitrogens with one attached hydrogen (secondary N) is 1. The van der Waals surface area contributed by atoms with Crippen LogP contribution in [0, 0.1) is 0 Å². The first-order valence-electron chi connectivity index (χ1n) is 29.6. The smallest absolute Gasteiger partial charge is 0.220 e. The molecule has 0 bridgehead atoms. The molecule has 3 fully saturated rings. The number of hydrogen-bond acceptors (Lipinski definition) is 18. The van der Waals surface area contributed by atoms with Gasteiger partial charge in [-0.1, -0.05) is 186 Å². The van der Waals surface area contributed by atoms with Crippen molar-refractivity contribution in [3.8, 4) is 0 Å². The SMILES string of the molecule is CCCCCCCCCCCCCCCCCCCCCCCCC/C=C/CC/C=C/C(O)C(COC1OC(CO)C(OC2OC(CO)C(OC3OC(CO)C(O)C(O)C3O)C(O)C2O)C(O)C1O)NC(=O)CCCC. The average molecular weight is 1090 g/mol. The van der Waals surface area contributed by atoms with E-state index in [-0.39, 0.29) is 18.9 Å². The second-order valence-corrected chi connectivity index (χ2v) is 21.5. The van der Waals surface area contributed by atoms with Crippen molar-refractivity contribution in [3.05, 3.63) is 24.3 Å². The number of aliphatic hydroxyl groups is 11. The molecule has 19 nitrogen and oxygen atoms in total. The van der Waals surface area contributed by atoms with Crippen LogP contribution in [0.5, 0.6) is 0 Å². The van der Waals surface area contributed by atoms with Gasteiger partial charge in [-0.05, 0) is 32.1 Å². The van der Waals surface area contributed by atoms with Crippen LogP contribution in [0.4, 0.5) is 0 Å². The number of unbranched alkanes of at least 4 members (excludes halogenated alkanes) is 25. The maximum Gasteiger partial charge on any atom is 0.220 e. The first-order chi connectivity index (χ1) is 36.8. The average Bonchev–Trinajstić information content (AvgIpc) is 3.42. The van der Waals surface area contributed by atoms with Gasteiger partial charge in [-0.25, -0.2) is 0 Å². The predicted octanol–water partition coefficient (Wildman–Crippen LogP) is 4.76. The Kier molecular flexibility index (Phi) is 37.2. The molecule has 76 heavy (non-hydrogen) atoms. The summed E-state index contributed by atoms with van der Waals surface area (Å²) in [5, 5.41) is 119. The summed E-state index contributed by atoms with van der Waals surface area (Å²) in [5.41, 5.74) is 0. The number of allylic oxidation sites excluding steroid dienone is 3. The van der Waals surface area contributed by atoms with Crippen molar-refractivity contribution in [2.45, 2.75) is 304 Å². The van der Waals surface area contributed by atoms with Crippen LogP contribution in [0.25, 0.3) is 0 Å². The molecule has 17 unspecified atom stereocenters. The third kappa shape index (κ3) is 25.4. The molecule has 0 aliphatic carbocycles. The molecule has 0 aromatic heterocycles. The molecule has 3 aliphatic heterocycles. The van der Waals surface area contributed by atoms with Crippen LogP contribution in [-0.4, -0.2) is 193 Å². The van der Waals surface area contributed by atoms with E-state index < -0.39 is 124 Å². The second kappa shape index (κ2) is 41.3. The number of amides is 1. The highest BCUT2D eigenvalue weighted by molar-refractivity contribution is 5.76. The number of carbonyl (C=O) groups is 1. The lowest BCUT2D eigenvalue weighted by Crippen LogP contribution is -2.66. The fourth-order valence-electron chi connectivity index (χ4n) is 10.1. The van der Waals surface area contributed by atoms with E-state index in [0.29, 0.717) is 12.8 Å². The van der Waals surface area contributed by atoms with Gasteiger partial charge in [0.1, 0.15) is 73.2 Å². The van der Waals surface area contributed by atoms with Gasteiger partial charge < -0.3 is 89.9 Å². The molecule has 3 saturated heterocycles. The Morgan fingerprint density at radius 3 is 1.30 bits per heavy atom. The Morgan fingerprint density at radius 1 is 0.461 bits per heavy atom. The number of carbonyl (C=O) groups excluding carboxylic acids is 1. The van der Waals surface area contributed by atoms with Gasteiger partial charge in [0.2, 0.25) is 5.91 Å². The minimum absolute atomic E-state index is 0.211. The highest BCUT2D eigenvalue weighted by Crippen LogP contribution is 2.33. The van der Waals surface area contributed by atoms with E-state index in [2.05, 4.69) is 24.4 Å². The van der Waals surface area contributed by atoms with E-state index in [0.717, 1.165) is 25.7 Å². The molecule has 17 atom stereocenters. The van der Waals surface area contributed by atoms with Crippen LogP contribution >= 0.6 is 0 Å². The zero-order valence-electron chi connectivity index (χ0n) is 46.2. The Hall–Kier alpha value is -1.73. The molecule has 12 N–H and O–H groups in total. The third-order valence-electron chi connectivity index (χ3n) is 15.0. The van der Waals surface area contributed by atoms with Gasteiger partial charge in [-0.3, -0.25) is 4.79 Å². The molecule has 0 aromatic carbocycles. The number of aliphatic hydroxyl groups excluding tert-OH is 11. The van der Waals surface area contributed by atoms with Crippen molar-refractivity contribution in [2.24, 2.45) is 0 Å². The lowest BCUT2D eigenvalue weighted by Gasteiger charge is -2.48. The van der Waals surface area contributed by atoms with Crippen molar-refractivity contribution < 1.29 is 89.4 Å². The van der Waals surface area contributed by atoms with E-state index in [4.69, 9.17) is 28.4 Å². The summed E-state index contributed by atoms with van der Waals surface area (Å²) in [6.07, 6.45) is 16.5. The fraction of sp³-hybridized carbons (Fsp3) is 0.912. The topological polar surface area (TPSA) is 307 Å². The molecule has 446 valence electrons. The fourth-order valence-corrected chi connectivity index (χ4v) is 10.1. The molecule has 3 rings (SSSR count). The van der Waals surface area contributed by atoms with E-state index in [1.54, 1.807) is 6.08 Å². The summed E-state index contributed by atoms with van der Waals surface area (Å²) in [4.78, 5) is 12.8. The minimum atomic E-state index is -1.98. The lowest BCUT2D eigenvalue weighted by molar-refractivity contribution is -0.379. The van der Waals surface area contributed by atoms with Gasteiger partial charge >= 0.3 is 0 Å². The standard InChI is InChI=1S/C57H105NO18/c1-3-5-7-8-9-10-11-12-13-14-15-16-17-18-19-20-21-22-23-24-25-26-27-28-29-30-31-32-33-34-41(62)40(58-45(63)35-6-4-2)39-71-55-51(69)48(66)53(43(37-60)73-55)76-57-52(70)49(67)54(44(38-61)74-57)75-56-50(68)47(65)46(64)42(36-59)72-56/h29-30,33-34,40-44,46-57,59-62,64-70H,3-28,31-32,35-39H2,1-2H3,(H,58,63)/b30-29+,34-33+. The first-order valence-corrected chi connectivity index (χ1v) is 29.6. The third-order valence-corrected chi connectivity index (χ3v) is 15.0. The zero-order valence-corrected chi connectivity index (χ0v) is 46.2. The van der Waals surface area contributed by atoms with E-state index >= 15 is 0 Å². The van der Waals surface area contributed by atoms with Crippen molar-refractivity contribution in [1.82, 2.24) is 5.32 Å². The number of hydrogen-bond donors (Lipinski definition) is 12. The molecule has 3 aliphatic rings. The maximum atomic E-state index is 12.8. The normalized spacial score (nSPS) is 31.1. The highest BCUT2D eigenvalue weighted by atomic mass is 16.8. The van der Waals surface area contributed by atoms with E-state index in [1.807, 2.05) is 13.0 Å². The Labute approximate surface area is 454 Å². The Morgan fingerprint density at radius 2 is 0.842 bits per heavy atom. The van der Waals surface area contributed by atoms with Crippen LogP contribution in [0.3, 0.4) is 0 Å². The molecule has 0 aromatic rings. The highest BCUT2D eigenvalue weighted by Gasteiger charge is 2.53. The number of ether oxygens (including phenoxy) is 6. The monoisotopic (exact) mass is 1090 g/mol. The van der Waals surface area contributed by atoms with Gasteiger partial charge in [0.05, 0.1) is 38.6 Å². The summed E-state index contributed by atoms with van der Waals surface area (Å²) < 4.78 is 33.9. The maximum absolute atomic E-state index is 12.8. The molecule has 19 heteroatoms. The van der Waals surface area contributed by atoms with Crippen LogP contribution in [0.2, 0.25) is 0 Å². The van der Waals surface area contributed by atoms with Crippen molar-refractivity contribution in [2.75, 3.05) is 26.4 Å². The molecule has 3 heterocycles. The predicted molar refractivity (Wildman–Crippen MR) is 286 cm³/mol. The summed E-state index contributed by atoms with van der Waals surface area (Å²) in [6, 6.07) is -0.981. The summed E-state index contributed by atoms with van der Waals surface area (Å²) in [5.74, 6) is -0.321. The largest absolute Gasteiger partial charge is 0.394 e. The Balaban J connectivity index is 1.33. The summed E-state index contributed by atoms with van der Waals surface area (Å²) in [7, 11) is 0. The van der Waals surface area contributed by atoms with E-state index in [1.165, 1.54) is 141 Å².